The summed E-state index contributed by atoms with van der Waals surface area (Å²) in [4.78, 5) is 11.8. The summed E-state index contributed by atoms with van der Waals surface area (Å²) in [5.74, 6) is -0.202. The Kier molecular flexibility index (Phi) is 5.02. The Bertz CT molecular complexity index is 849. The van der Waals surface area contributed by atoms with Crippen molar-refractivity contribution in [2.45, 2.75) is 31.8 Å². The van der Waals surface area contributed by atoms with E-state index in [0.29, 0.717) is 6.04 Å². The number of likely N-dealkylation sites (tertiary alicyclic amines) is 1. The molecule has 1 aromatic carbocycles. The van der Waals surface area contributed by atoms with Crippen LogP contribution < -0.4 is 0 Å². The molecule has 0 spiro atoms. The molecule has 0 radical (unpaired) electrons. The van der Waals surface area contributed by atoms with Crippen molar-refractivity contribution in [1.29, 1.82) is 0 Å². The number of benzene rings is 1. The summed E-state index contributed by atoms with van der Waals surface area (Å²) < 4.78 is 13.1. The van der Waals surface area contributed by atoms with E-state index in [4.69, 9.17) is 4.98 Å². The van der Waals surface area contributed by atoms with Gasteiger partial charge in [0.1, 0.15) is 5.82 Å². The van der Waals surface area contributed by atoms with E-state index in [9.17, 15) is 4.39 Å². The van der Waals surface area contributed by atoms with Crippen LogP contribution in [0, 0.1) is 5.82 Å². The van der Waals surface area contributed by atoms with E-state index in [1.165, 1.54) is 18.6 Å². The number of rotatable bonds is 5. The van der Waals surface area contributed by atoms with Gasteiger partial charge < -0.3 is 0 Å². The highest BCUT2D eigenvalue weighted by molar-refractivity contribution is 5.24. The number of pyridine rings is 2. The largest absolute Gasteiger partial charge is 0.289 e. The molecule has 1 aliphatic rings. The molecule has 3 nitrogen and oxygen atoms in total. The maximum absolute atomic E-state index is 13.1. The lowest BCUT2D eigenvalue weighted by atomic mass is 10.1. The lowest BCUT2D eigenvalue weighted by Crippen LogP contribution is -2.24. The molecule has 1 atom stereocenters. The van der Waals surface area contributed by atoms with Crippen LogP contribution in [0.1, 0.15) is 41.5 Å². The molecule has 0 N–H and O–H groups in total. The van der Waals surface area contributed by atoms with Gasteiger partial charge in [-0.1, -0.05) is 24.3 Å². The van der Waals surface area contributed by atoms with E-state index in [1.54, 1.807) is 0 Å². The van der Waals surface area contributed by atoms with E-state index < -0.39 is 0 Å². The minimum atomic E-state index is -0.202. The first-order chi connectivity index (χ1) is 12.8. The molecule has 1 fully saturated rings. The van der Waals surface area contributed by atoms with Gasteiger partial charge in [0.2, 0.25) is 0 Å². The normalized spacial score (nSPS) is 17.5. The summed E-state index contributed by atoms with van der Waals surface area (Å²) in [6.07, 6.45) is 4.88. The maximum atomic E-state index is 13.1. The first-order valence-electron chi connectivity index (χ1n) is 9.12. The van der Waals surface area contributed by atoms with Crippen molar-refractivity contribution in [2.24, 2.45) is 0 Å². The molecule has 0 amide bonds. The topological polar surface area (TPSA) is 29.0 Å². The summed E-state index contributed by atoms with van der Waals surface area (Å²) >= 11 is 0. The zero-order chi connectivity index (χ0) is 17.8. The van der Waals surface area contributed by atoms with Gasteiger partial charge in [-0.3, -0.25) is 14.9 Å². The van der Waals surface area contributed by atoms with Crippen molar-refractivity contribution in [3.8, 4) is 0 Å². The fraction of sp³-hybridized carbons (Fsp3) is 0.273. The van der Waals surface area contributed by atoms with Crippen molar-refractivity contribution >= 4 is 0 Å². The highest BCUT2D eigenvalue weighted by atomic mass is 19.1. The zero-order valence-corrected chi connectivity index (χ0v) is 14.7. The van der Waals surface area contributed by atoms with Crippen LogP contribution in [0.5, 0.6) is 0 Å². The third-order valence-corrected chi connectivity index (χ3v) is 4.92. The smallest absolute Gasteiger partial charge is 0.123 e. The van der Waals surface area contributed by atoms with Gasteiger partial charge in [-0.25, -0.2) is 4.39 Å². The van der Waals surface area contributed by atoms with Crippen molar-refractivity contribution in [3.05, 3.63) is 95.3 Å². The van der Waals surface area contributed by atoms with E-state index in [-0.39, 0.29) is 5.82 Å². The fourth-order valence-corrected chi connectivity index (χ4v) is 3.64. The predicted octanol–water partition coefficient (Wildman–Crippen LogP) is 4.54. The Morgan fingerprint density at radius 1 is 0.962 bits per heavy atom. The molecule has 0 aliphatic carbocycles. The van der Waals surface area contributed by atoms with Gasteiger partial charge in [0.05, 0.1) is 17.4 Å². The number of hydrogen-bond donors (Lipinski definition) is 0. The summed E-state index contributed by atoms with van der Waals surface area (Å²) in [5.41, 5.74) is 4.33. The summed E-state index contributed by atoms with van der Waals surface area (Å²) in [5, 5.41) is 0. The predicted molar refractivity (Wildman–Crippen MR) is 100 cm³/mol. The Morgan fingerprint density at radius 2 is 1.81 bits per heavy atom. The Labute approximate surface area is 153 Å². The fourth-order valence-electron chi connectivity index (χ4n) is 3.64. The number of nitrogens with zero attached hydrogens (tertiary/aromatic N) is 3. The first kappa shape index (κ1) is 16.9. The Hall–Kier alpha value is -2.59. The Balaban J connectivity index is 1.50. The van der Waals surface area contributed by atoms with Crippen molar-refractivity contribution in [3.63, 3.8) is 0 Å². The third-order valence-electron chi connectivity index (χ3n) is 4.92. The molecule has 1 saturated heterocycles. The van der Waals surface area contributed by atoms with Crippen molar-refractivity contribution in [2.75, 3.05) is 6.54 Å². The Morgan fingerprint density at radius 3 is 2.62 bits per heavy atom. The molecule has 3 heterocycles. The second-order valence-electron chi connectivity index (χ2n) is 6.81. The highest BCUT2D eigenvalue weighted by Gasteiger charge is 2.27. The van der Waals surface area contributed by atoms with Crippen LogP contribution in [-0.2, 0) is 13.0 Å². The van der Waals surface area contributed by atoms with E-state index in [2.05, 4.69) is 28.1 Å². The minimum Gasteiger partial charge on any atom is -0.289 e. The van der Waals surface area contributed by atoms with Crippen LogP contribution in [0.2, 0.25) is 0 Å². The van der Waals surface area contributed by atoms with Crippen molar-refractivity contribution in [1.82, 2.24) is 14.9 Å². The van der Waals surface area contributed by atoms with E-state index in [1.807, 2.05) is 36.5 Å². The van der Waals surface area contributed by atoms with Gasteiger partial charge in [0, 0.05) is 24.9 Å². The van der Waals surface area contributed by atoms with Gasteiger partial charge >= 0.3 is 0 Å². The number of aromatic nitrogens is 2. The molecule has 3 aromatic rings. The molecule has 4 heteroatoms. The lowest BCUT2D eigenvalue weighted by molar-refractivity contribution is 0.241. The van der Waals surface area contributed by atoms with Gasteiger partial charge in [-0.2, -0.15) is 0 Å². The van der Waals surface area contributed by atoms with E-state index in [0.717, 1.165) is 48.6 Å². The van der Waals surface area contributed by atoms with Crippen LogP contribution in [0.25, 0.3) is 0 Å². The van der Waals surface area contributed by atoms with Crippen molar-refractivity contribution < 1.29 is 4.39 Å². The lowest BCUT2D eigenvalue weighted by Gasteiger charge is -2.24. The summed E-state index contributed by atoms with van der Waals surface area (Å²) in [6, 6.07) is 19.3. The molecule has 4 rings (SSSR count). The highest BCUT2D eigenvalue weighted by Crippen LogP contribution is 2.32. The van der Waals surface area contributed by atoms with E-state index >= 15 is 0 Å². The van der Waals surface area contributed by atoms with Crippen LogP contribution in [0.15, 0.2) is 66.9 Å². The van der Waals surface area contributed by atoms with Gasteiger partial charge in [0.15, 0.2) is 0 Å². The quantitative estimate of drug-likeness (QED) is 0.678. The molecule has 0 saturated carbocycles. The molecule has 0 unspecified atom stereocenters. The van der Waals surface area contributed by atoms with Crippen LogP contribution in [0.4, 0.5) is 4.39 Å². The molecular formula is C22H22FN3. The SMILES string of the molecule is Fc1ccc(Cc2cccc([C@H]3CCCN3Cc3ccccn3)n2)cc1. The average molecular weight is 347 g/mol. The van der Waals surface area contributed by atoms with Crippen LogP contribution in [0.3, 0.4) is 0 Å². The second-order valence-corrected chi connectivity index (χ2v) is 6.81. The molecule has 1 aliphatic heterocycles. The summed E-state index contributed by atoms with van der Waals surface area (Å²) in [7, 11) is 0. The number of hydrogen-bond acceptors (Lipinski definition) is 3. The molecule has 26 heavy (non-hydrogen) atoms. The average Bonchev–Trinajstić information content (AvgIpc) is 3.13. The standard InChI is InChI=1S/C22H22FN3/c23-18-11-9-17(10-12-18)15-19-6-3-7-21(25-19)22-8-4-14-26(22)16-20-5-1-2-13-24-20/h1-3,5-7,9-13,22H,4,8,14-16H2/t22-/m1/s1. The zero-order valence-electron chi connectivity index (χ0n) is 14.7. The third kappa shape index (κ3) is 3.97. The molecule has 2 aromatic heterocycles. The number of halogens is 1. The molecule has 132 valence electrons. The molecular weight excluding hydrogens is 325 g/mol. The minimum absolute atomic E-state index is 0.202. The van der Waals surface area contributed by atoms with Gasteiger partial charge in [0.25, 0.3) is 0 Å². The second kappa shape index (κ2) is 7.75. The van der Waals surface area contributed by atoms with Gasteiger partial charge in [-0.05, 0) is 61.3 Å². The van der Waals surface area contributed by atoms with Crippen LogP contribution in [-0.4, -0.2) is 21.4 Å². The summed E-state index contributed by atoms with van der Waals surface area (Å²) in [6.45, 7) is 1.93. The first-order valence-corrected chi connectivity index (χ1v) is 9.12. The maximum Gasteiger partial charge on any atom is 0.123 e. The van der Waals surface area contributed by atoms with Gasteiger partial charge in [-0.15, -0.1) is 0 Å². The van der Waals surface area contributed by atoms with Crippen LogP contribution >= 0.6 is 0 Å². The monoisotopic (exact) mass is 347 g/mol. The molecule has 0 bridgehead atoms.